The van der Waals surface area contributed by atoms with Gasteiger partial charge in [-0.05, 0) is 0 Å². The maximum atomic E-state index is 8.31. The second kappa shape index (κ2) is 2.58. The number of nitriles is 1. The molecule has 0 amide bonds. The largest absolute Gasteiger partial charge is 0.311 e. The Morgan fingerprint density at radius 1 is 1.89 bits per heavy atom. The highest BCUT2D eigenvalue weighted by atomic mass is 32.1. The molecule has 0 saturated heterocycles. The molecule has 46 valence electrons. The minimum Gasteiger partial charge on any atom is -0.311 e. The van der Waals surface area contributed by atoms with Crippen LogP contribution in [0.5, 0.6) is 0 Å². The van der Waals surface area contributed by atoms with Crippen LogP contribution in [0.1, 0.15) is 10.9 Å². The van der Waals surface area contributed by atoms with Crippen molar-refractivity contribution >= 4 is 11.3 Å². The van der Waals surface area contributed by atoms with Crippen molar-refractivity contribution in [2.45, 2.75) is 6.04 Å². The fraction of sp³-hybridized carbons (Fsp3) is 0.200. The average Bonchev–Trinajstić information content (AvgIpc) is 2.37. The normalized spacial score (nSPS) is 12.4. The van der Waals surface area contributed by atoms with Gasteiger partial charge < -0.3 is 5.73 Å². The van der Waals surface area contributed by atoms with Crippen LogP contribution in [0.2, 0.25) is 0 Å². The number of nitrogens with two attached hydrogens (primary N) is 1. The first-order valence-electron chi connectivity index (χ1n) is 2.38. The molecule has 1 unspecified atom stereocenters. The van der Waals surface area contributed by atoms with E-state index in [2.05, 4.69) is 4.98 Å². The highest BCUT2D eigenvalue weighted by Gasteiger charge is 2.03. The lowest BCUT2D eigenvalue weighted by Crippen LogP contribution is -2.04. The molecule has 0 aromatic carbocycles. The maximum Gasteiger partial charge on any atom is 0.129 e. The molecular formula is C5H5N3S. The molecular weight excluding hydrogens is 134 g/mol. The van der Waals surface area contributed by atoms with Crippen LogP contribution < -0.4 is 5.73 Å². The van der Waals surface area contributed by atoms with Crippen LogP contribution in [-0.2, 0) is 0 Å². The first-order valence-corrected chi connectivity index (χ1v) is 3.26. The number of nitrogens with zero attached hydrogens (tertiary/aromatic N) is 2. The van der Waals surface area contributed by atoms with E-state index in [1.54, 1.807) is 11.7 Å². The Morgan fingerprint density at radius 3 is 3.11 bits per heavy atom. The Balaban J connectivity index is 2.80. The lowest BCUT2D eigenvalue weighted by Gasteiger charge is -1.92. The Labute approximate surface area is 56.8 Å². The summed E-state index contributed by atoms with van der Waals surface area (Å²) >= 11 is 1.40. The predicted molar refractivity (Wildman–Crippen MR) is 34.7 cm³/mol. The molecule has 0 radical (unpaired) electrons. The second-order valence-electron chi connectivity index (χ2n) is 1.51. The zero-order valence-electron chi connectivity index (χ0n) is 4.61. The summed E-state index contributed by atoms with van der Waals surface area (Å²) in [5.41, 5.74) is 7.01. The van der Waals surface area contributed by atoms with Crippen LogP contribution in [0, 0.1) is 11.3 Å². The summed E-state index contributed by atoms with van der Waals surface area (Å²) < 4.78 is 0. The average molecular weight is 139 g/mol. The minimum absolute atomic E-state index is 0.502. The smallest absolute Gasteiger partial charge is 0.129 e. The van der Waals surface area contributed by atoms with Gasteiger partial charge in [-0.1, -0.05) is 0 Å². The van der Waals surface area contributed by atoms with Gasteiger partial charge in [-0.2, -0.15) is 5.26 Å². The standard InChI is InChI=1S/C5H5N3S/c6-1-4(7)5-2-8-3-9-5/h2-4H,7H2. The first-order chi connectivity index (χ1) is 4.34. The van der Waals surface area contributed by atoms with Gasteiger partial charge >= 0.3 is 0 Å². The van der Waals surface area contributed by atoms with Crippen molar-refractivity contribution in [2.75, 3.05) is 0 Å². The van der Waals surface area contributed by atoms with Gasteiger partial charge in [0, 0.05) is 6.20 Å². The van der Waals surface area contributed by atoms with Gasteiger partial charge in [0.05, 0.1) is 16.5 Å². The lowest BCUT2D eigenvalue weighted by molar-refractivity contribution is 0.946. The molecule has 1 aromatic rings. The van der Waals surface area contributed by atoms with Crippen molar-refractivity contribution in [3.05, 3.63) is 16.6 Å². The third-order valence-electron chi connectivity index (χ3n) is 0.897. The summed E-state index contributed by atoms with van der Waals surface area (Å²) in [5, 5.41) is 8.31. The van der Waals surface area contributed by atoms with Gasteiger partial charge in [-0.25, -0.2) is 0 Å². The summed E-state index contributed by atoms with van der Waals surface area (Å²) in [6.07, 6.45) is 1.61. The third kappa shape index (κ3) is 1.25. The van der Waals surface area contributed by atoms with Crippen LogP contribution >= 0.6 is 11.3 Å². The maximum absolute atomic E-state index is 8.31. The SMILES string of the molecule is N#CC(N)c1cncs1. The number of rotatable bonds is 1. The summed E-state index contributed by atoms with van der Waals surface area (Å²) in [6.45, 7) is 0. The van der Waals surface area contributed by atoms with Crippen molar-refractivity contribution < 1.29 is 0 Å². The van der Waals surface area contributed by atoms with E-state index in [1.807, 2.05) is 6.07 Å². The molecule has 0 spiro atoms. The molecule has 9 heavy (non-hydrogen) atoms. The van der Waals surface area contributed by atoms with Crippen LogP contribution in [0.3, 0.4) is 0 Å². The fourth-order valence-corrected chi connectivity index (χ4v) is 1.01. The van der Waals surface area contributed by atoms with E-state index in [9.17, 15) is 0 Å². The molecule has 0 aliphatic rings. The highest BCUT2D eigenvalue weighted by molar-refractivity contribution is 7.09. The molecule has 0 fully saturated rings. The summed E-state index contributed by atoms with van der Waals surface area (Å²) in [7, 11) is 0. The Hall–Kier alpha value is -0.920. The zero-order valence-corrected chi connectivity index (χ0v) is 5.43. The summed E-state index contributed by atoms with van der Waals surface area (Å²) in [4.78, 5) is 4.60. The molecule has 3 nitrogen and oxygen atoms in total. The van der Waals surface area contributed by atoms with Crippen molar-refractivity contribution in [1.82, 2.24) is 4.98 Å². The van der Waals surface area contributed by atoms with Crippen LogP contribution in [0.25, 0.3) is 0 Å². The molecule has 0 aliphatic heterocycles. The van der Waals surface area contributed by atoms with E-state index in [0.717, 1.165) is 4.88 Å². The van der Waals surface area contributed by atoms with Crippen molar-refractivity contribution in [3.8, 4) is 6.07 Å². The first kappa shape index (κ1) is 6.20. The number of thiazole rings is 1. The topological polar surface area (TPSA) is 62.7 Å². The van der Waals surface area contributed by atoms with Crippen molar-refractivity contribution in [1.29, 1.82) is 5.26 Å². The van der Waals surface area contributed by atoms with E-state index in [1.165, 1.54) is 11.3 Å². The Bertz CT molecular complexity index is 211. The highest BCUT2D eigenvalue weighted by Crippen LogP contribution is 2.12. The molecule has 0 bridgehead atoms. The van der Waals surface area contributed by atoms with E-state index in [0.29, 0.717) is 0 Å². The van der Waals surface area contributed by atoms with Gasteiger partial charge in [0.15, 0.2) is 0 Å². The number of aromatic nitrogens is 1. The van der Waals surface area contributed by atoms with Gasteiger partial charge in [0.2, 0.25) is 0 Å². The Kier molecular flexibility index (Phi) is 1.78. The summed E-state index contributed by atoms with van der Waals surface area (Å²) in [6, 6.07) is 1.41. The number of hydrogen-bond donors (Lipinski definition) is 1. The minimum atomic E-state index is -0.502. The quantitative estimate of drug-likeness (QED) is 0.621. The zero-order chi connectivity index (χ0) is 6.69. The fourth-order valence-electron chi connectivity index (χ4n) is 0.443. The molecule has 0 saturated carbocycles. The molecule has 1 rings (SSSR count). The van der Waals surface area contributed by atoms with Gasteiger partial charge in [-0.3, -0.25) is 4.98 Å². The predicted octanol–water partition coefficient (Wildman–Crippen LogP) is 0.666. The molecule has 4 heteroatoms. The third-order valence-corrected chi connectivity index (χ3v) is 1.76. The molecule has 1 aromatic heterocycles. The van der Waals surface area contributed by atoms with E-state index in [4.69, 9.17) is 11.0 Å². The van der Waals surface area contributed by atoms with E-state index >= 15 is 0 Å². The van der Waals surface area contributed by atoms with Crippen LogP contribution in [-0.4, -0.2) is 4.98 Å². The number of hydrogen-bond acceptors (Lipinski definition) is 4. The van der Waals surface area contributed by atoms with E-state index in [-0.39, 0.29) is 0 Å². The second-order valence-corrected chi connectivity index (χ2v) is 2.43. The van der Waals surface area contributed by atoms with Crippen LogP contribution in [0.4, 0.5) is 0 Å². The van der Waals surface area contributed by atoms with Crippen LogP contribution in [0.15, 0.2) is 11.7 Å². The molecule has 0 aliphatic carbocycles. The monoisotopic (exact) mass is 139 g/mol. The van der Waals surface area contributed by atoms with Gasteiger partial charge in [-0.15, -0.1) is 11.3 Å². The molecule has 2 N–H and O–H groups in total. The van der Waals surface area contributed by atoms with E-state index < -0.39 is 6.04 Å². The van der Waals surface area contributed by atoms with Crippen molar-refractivity contribution in [2.24, 2.45) is 5.73 Å². The summed E-state index contributed by atoms with van der Waals surface area (Å²) in [5.74, 6) is 0. The lowest BCUT2D eigenvalue weighted by atomic mass is 10.3. The molecule has 1 atom stereocenters. The van der Waals surface area contributed by atoms with Gasteiger partial charge in [0.1, 0.15) is 6.04 Å². The Morgan fingerprint density at radius 2 is 2.67 bits per heavy atom. The van der Waals surface area contributed by atoms with Gasteiger partial charge in [0.25, 0.3) is 0 Å². The molecule has 1 heterocycles. The van der Waals surface area contributed by atoms with Crippen molar-refractivity contribution in [3.63, 3.8) is 0 Å².